The fourth-order valence-electron chi connectivity index (χ4n) is 4.46. The Hall–Kier alpha value is -1.62. The largest absolute Gasteiger partial charge is 0.481 e. The van der Waals surface area contributed by atoms with E-state index < -0.39 is 17.4 Å². The van der Waals surface area contributed by atoms with Crippen molar-refractivity contribution in [2.75, 3.05) is 13.7 Å². The Labute approximate surface area is 143 Å². The van der Waals surface area contributed by atoms with Gasteiger partial charge >= 0.3 is 11.9 Å². The molecule has 0 spiro atoms. The molecule has 0 amide bonds. The standard InChI is InChI=1S/C19H28O5/c1-14-10-15(16(20)21)12-19(11-14,17(22)23)13-18(8-9-24-2)6-4-3-5-7-18/h10-11H,3-9,12-13H2,1-2H3,(H,20,21)(H,22,23). The zero-order valence-corrected chi connectivity index (χ0v) is 14.6. The first-order valence-electron chi connectivity index (χ1n) is 8.68. The van der Waals surface area contributed by atoms with E-state index in [0.717, 1.165) is 37.7 Å². The molecule has 2 aliphatic rings. The van der Waals surface area contributed by atoms with Gasteiger partial charge in [-0.25, -0.2) is 4.79 Å². The van der Waals surface area contributed by atoms with Gasteiger partial charge in [0.05, 0.1) is 5.41 Å². The number of rotatable bonds is 7. The maximum Gasteiger partial charge on any atom is 0.331 e. The van der Waals surface area contributed by atoms with Crippen molar-refractivity contribution in [3.63, 3.8) is 0 Å². The number of hydrogen-bond acceptors (Lipinski definition) is 3. The van der Waals surface area contributed by atoms with Crippen LogP contribution >= 0.6 is 0 Å². The lowest BCUT2D eigenvalue weighted by molar-refractivity contribution is -0.149. The molecule has 2 rings (SSSR count). The van der Waals surface area contributed by atoms with Crippen molar-refractivity contribution >= 4 is 11.9 Å². The summed E-state index contributed by atoms with van der Waals surface area (Å²) in [5.74, 6) is -1.95. The van der Waals surface area contributed by atoms with Gasteiger partial charge in [-0.15, -0.1) is 0 Å². The number of hydrogen-bond donors (Lipinski definition) is 2. The van der Waals surface area contributed by atoms with E-state index >= 15 is 0 Å². The summed E-state index contributed by atoms with van der Waals surface area (Å²) in [4.78, 5) is 23.6. The molecule has 0 aliphatic heterocycles. The molecule has 0 radical (unpaired) electrons. The van der Waals surface area contributed by atoms with Crippen LogP contribution in [0, 0.1) is 10.8 Å². The normalized spacial score (nSPS) is 26.4. The van der Waals surface area contributed by atoms with Crippen LogP contribution in [0.2, 0.25) is 0 Å². The van der Waals surface area contributed by atoms with Crippen LogP contribution in [-0.4, -0.2) is 35.9 Å². The van der Waals surface area contributed by atoms with E-state index in [1.807, 2.05) is 0 Å². The first-order chi connectivity index (χ1) is 11.3. The summed E-state index contributed by atoms with van der Waals surface area (Å²) in [5, 5.41) is 19.4. The molecular weight excluding hydrogens is 308 g/mol. The van der Waals surface area contributed by atoms with Crippen molar-refractivity contribution in [1.29, 1.82) is 0 Å². The third kappa shape index (κ3) is 4.07. The summed E-state index contributed by atoms with van der Waals surface area (Å²) in [6.45, 7) is 2.39. The topological polar surface area (TPSA) is 83.8 Å². The predicted octanol–water partition coefficient (Wildman–Crippen LogP) is 3.80. The lowest BCUT2D eigenvalue weighted by Gasteiger charge is -2.44. The summed E-state index contributed by atoms with van der Waals surface area (Å²) in [7, 11) is 1.67. The van der Waals surface area contributed by atoms with Gasteiger partial charge in [0.1, 0.15) is 0 Å². The summed E-state index contributed by atoms with van der Waals surface area (Å²) in [5.41, 5.74) is -0.295. The fraction of sp³-hybridized carbons (Fsp3) is 0.684. The second-order valence-electron chi connectivity index (χ2n) is 7.48. The molecule has 1 saturated carbocycles. The zero-order chi connectivity index (χ0) is 17.8. The minimum absolute atomic E-state index is 0.0593. The molecule has 0 heterocycles. The molecule has 134 valence electrons. The smallest absolute Gasteiger partial charge is 0.331 e. The summed E-state index contributed by atoms with van der Waals surface area (Å²) in [6, 6.07) is 0. The van der Waals surface area contributed by atoms with E-state index in [2.05, 4.69) is 0 Å². The molecular formula is C19H28O5. The molecule has 1 unspecified atom stereocenters. The fourth-order valence-corrected chi connectivity index (χ4v) is 4.46. The Bertz CT molecular complexity index is 554. The van der Waals surface area contributed by atoms with Crippen LogP contribution in [0.5, 0.6) is 0 Å². The van der Waals surface area contributed by atoms with Crippen LogP contribution in [0.25, 0.3) is 0 Å². The van der Waals surface area contributed by atoms with Gasteiger partial charge in [0.25, 0.3) is 0 Å². The van der Waals surface area contributed by atoms with Gasteiger partial charge in [-0.1, -0.05) is 30.9 Å². The third-order valence-electron chi connectivity index (χ3n) is 5.55. The van der Waals surface area contributed by atoms with E-state index in [4.69, 9.17) is 4.74 Å². The van der Waals surface area contributed by atoms with Crippen molar-refractivity contribution in [3.8, 4) is 0 Å². The second kappa shape index (κ2) is 7.51. The summed E-state index contributed by atoms with van der Waals surface area (Å²) in [6.07, 6.45) is 10.1. The highest BCUT2D eigenvalue weighted by molar-refractivity contribution is 5.90. The van der Waals surface area contributed by atoms with Crippen molar-refractivity contribution < 1.29 is 24.5 Å². The Morgan fingerprint density at radius 2 is 1.88 bits per heavy atom. The molecule has 0 aromatic heterocycles. The van der Waals surface area contributed by atoms with Crippen molar-refractivity contribution in [1.82, 2.24) is 0 Å². The lowest BCUT2D eigenvalue weighted by Crippen LogP contribution is -2.40. The second-order valence-corrected chi connectivity index (χ2v) is 7.48. The van der Waals surface area contributed by atoms with Crippen LogP contribution in [-0.2, 0) is 14.3 Å². The molecule has 0 aromatic rings. The SMILES string of the molecule is COCCC1(CC2(C(=O)O)C=C(C)C=C(C(=O)O)C2)CCCCC1. The van der Waals surface area contributed by atoms with Gasteiger partial charge in [-0.2, -0.15) is 0 Å². The van der Waals surface area contributed by atoms with E-state index in [9.17, 15) is 19.8 Å². The summed E-state index contributed by atoms with van der Waals surface area (Å²) >= 11 is 0. The van der Waals surface area contributed by atoms with Crippen molar-refractivity contribution in [2.24, 2.45) is 10.8 Å². The highest BCUT2D eigenvalue weighted by atomic mass is 16.5. The highest BCUT2D eigenvalue weighted by Crippen LogP contribution is 2.51. The number of allylic oxidation sites excluding steroid dienone is 2. The van der Waals surface area contributed by atoms with Gasteiger partial charge in [-0.3, -0.25) is 4.79 Å². The number of carboxylic acids is 2. The van der Waals surface area contributed by atoms with Crippen molar-refractivity contribution in [3.05, 3.63) is 23.3 Å². The van der Waals surface area contributed by atoms with E-state index in [1.165, 1.54) is 6.42 Å². The number of aliphatic carboxylic acids is 2. The molecule has 5 nitrogen and oxygen atoms in total. The quantitative estimate of drug-likeness (QED) is 0.739. The number of carbonyl (C=O) groups is 2. The maximum absolute atomic E-state index is 12.2. The van der Waals surface area contributed by atoms with Crippen LogP contribution in [0.3, 0.4) is 0 Å². The lowest BCUT2D eigenvalue weighted by atomic mass is 9.60. The van der Waals surface area contributed by atoms with E-state index in [0.29, 0.717) is 13.0 Å². The van der Waals surface area contributed by atoms with Gasteiger partial charge in [0, 0.05) is 19.3 Å². The van der Waals surface area contributed by atoms with Gasteiger partial charge in [0.15, 0.2) is 0 Å². The van der Waals surface area contributed by atoms with Crippen LogP contribution in [0.4, 0.5) is 0 Å². The highest BCUT2D eigenvalue weighted by Gasteiger charge is 2.47. The molecule has 5 heteroatoms. The van der Waals surface area contributed by atoms with Crippen molar-refractivity contribution in [2.45, 2.75) is 58.3 Å². The Morgan fingerprint density at radius 1 is 1.21 bits per heavy atom. The number of ether oxygens (including phenoxy) is 1. The van der Waals surface area contributed by atoms with Gasteiger partial charge < -0.3 is 14.9 Å². The molecule has 0 saturated heterocycles. The number of carboxylic acid groups (broad SMARTS) is 2. The number of methoxy groups -OCH3 is 1. The Morgan fingerprint density at radius 3 is 2.42 bits per heavy atom. The minimum Gasteiger partial charge on any atom is -0.481 e. The average molecular weight is 336 g/mol. The van der Waals surface area contributed by atoms with Crippen LogP contribution in [0.1, 0.15) is 58.3 Å². The predicted molar refractivity (Wildman–Crippen MR) is 90.8 cm³/mol. The Kier molecular flexibility index (Phi) is 5.86. The third-order valence-corrected chi connectivity index (χ3v) is 5.55. The zero-order valence-electron chi connectivity index (χ0n) is 14.6. The van der Waals surface area contributed by atoms with Gasteiger partial charge in [-0.05, 0) is 50.5 Å². The minimum atomic E-state index is -1.13. The first kappa shape index (κ1) is 18.7. The molecule has 24 heavy (non-hydrogen) atoms. The van der Waals surface area contributed by atoms with E-state index in [1.54, 1.807) is 26.2 Å². The van der Waals surface area contributed by atoms with Gasteiger partial charge in [0.2, 0.25) is 0 Å². The average Bonchev–Trinajstić information content (AvgIpc) is 2.53. The molecule has 2 N–H and O–H groups in total. The van der Waals surface area contributed by atoms with Crippen LogP contribution in [0.15, 0.2) is 23.3 Å². The Balaban J connectivity index is 2.34. The first-order valence-corrected chi connectivity index (χ1v) is 8.68. The molecule has 1 atom stereocenters. The summed E-state index contributed by atoms with van der Waals surface area (Å²) < 4.78 is 5.26. The maximum atomic E-state index is 12.2. The molecule has 2 aliphatic carbocycles. The molecule has 0 aromatic carbocycles. The molecule has 1 fully saturated rings. The van der Waals surface area contributed by atoms with Crippen LogP contribution < -0.4 is 0 Å². The molecule has 0 bridgehead atoms. The monoisotopic (exact) mass is 336 g/mol. The van der Waals surface area contributed by atoms with E-state index in [-0.39, 0.29) is 17.4 Å².